The smallest absolute Gasteiger partial charge is 0.240 e. The highest BCUT2D eigenvalue weighted by molar-refractivity contribution is 6.30. The average molecular weight is 353 g/mol. The molecule has 0 radical (unpaired) electrons. The highest BCUT2D eigenvalue weighted by Crippen LogP contribution is 2.12. The molecular weight excluding hydrogens is 338 g/mol. The molecule has 2 aromatic rings. The van der Waals surface area contributed by atoms with Gasteiger partial charge in [-0.1, -0.05) is 29.8 Å². The molecule has 0 saturated heterocycles. The van der Waals surface area contributed by atoms with Gasteiger partial charge in [-0.05, 0) is 35.4 Å². The van der Waals surface area contributed by atoms with Crippen LogP contribution in [0.4, 0.5) is 8.78 Å². The van der Waals surface area contributed by atoms with Gasteiger partial charge >= 0.3 is 0 Å². The molecule has 2 amide bonds. The van der Waals surface area contributed by atoms with Gasteiger partial charge in [0.25, 0.3) is 0 Å². The van der Waals surface area contributed by atoms with Gasteiger partial charge in [-0.15, -0.1) is 0 Å². The Hall–Kier alpha value is -2.47. The van der Waals surface area contributed by atoms with Crippen molar-refractivity contribution >= 4 is 23.4 Å². The molecule has 4 nitrogen and oxygen atoms in total. The summed E-state index contributed by atoms with van der Waals surface area (Å²) in [5.41, 5.74) is 6.38. The van der Waals surface area contributed by atoms with Crippen LogP contribution in [0.25, 0.3) is 0 Å². The predicted octanol–water partition coefficient (Wildman–Crippen LogP) is 2.37. The molecule has 2 rings (SSSR count). The molecule has 0 aromatic heterocycles. The molecule has 2 aromatic carbocycles. The van der Waals surface area contributed by atoms with Crippen LogP contribution in [0.1, 0.15) is 11.1 Å². The first kappa shape index (κ1) is 17.9. The number of carbonyl (C=O) groups is 2. The van der Waals surface area contributed by atoms with Crippen molar-refractivity contribution in [2.45, 2.75) is 18.9 Å². The van der Waals surface area contributed by atoms with Crippen molar-refractivity contribution in [3.63, 3.8) is 0 Å². The van der Waals surface area contributed by atoms with Gasteiger partial charge in [0.15, 0.2) is 11.6 Å². The van der Waals surface area contributed by atoms with E-state index in [1.54, 1.807) is 24.3 Å². The second-order valence-electron chi connectivity index (χ2n) is 5.28. The molecule has 3 N–H and O–H groups in total. The van der Waals surface area contributed by atoms with E-state index in [4.69, 9.17) is 17.3 Å². The quantitative estimate of drug-likeness (QED) is 0.837. The van der Waals surface area contributed by atoms with Gasteiger partial charge in [-0.2, -0.15) is 0 Å². The Kier molecular flexibility index (Phi) is 5.87. The van der Waals surface area contributed by atoms with Crippen LogP contribution < -0.4 is 11.1 Å². The highest BCUT2D eigenvalue weighted by Gasteiger charge is 2.19. The minimum Gasteiger partial charge on any atom is -0.368 e. The molecule has 24 heavy (non-hydrogen) atoms. The van der Waals surface area contributed by atoms with Crippen LogP contribution in [0, 0.1) is 11.6 Å². The van der Waals surface area contributed by atoms with Crippen LogP contribution in [-0.4, -0.2) is 17.9 Å². The minimum absolute atomic E-state index is 0.193. The maximum atomic E-state index is 13.1. The lowest BCUT2D eigenvalue weighted by Crippen LogP contribution is -2.46. The maximum Gasteiger partial charge on any atom is 0.240 e. The Balaban J connectivity index is 2.01. The molecule has 0 bridgehead atoms. The summed E-state index contributed by atoms with van der Waals surface area (Å²) in [4.78, 5) is 23.5. The third-order valence-corrected chi connectivity index (χ3v) is 3.63. The van der Waals surface area contributed by atoms with Crippen molar-refractivity contribution in [2.24, 2.45) is 5.73 Å². The van der Waals surface area contributed by atoms with Gasteiger partial charge in [0, 0.05) is 11.4 Å². The van der Waals surface area contributed by atoms with E-state index < -0.39 is 29.5 Å². The van der Waals surface area contributed by atoms with Crippen molar-refractivity contribution in [3.8, 4) is 0 Å². The maximum absolute atomic E-state index is 13.1. The Morgan fingerprint density at radius 1 is 1.04 bits per heavy atom. The van der Waals surface area contributed by atoms with Crippen LogP contribution in [0.15, 0.2) is 42.5 Å². The van der Waals surface area contributed by atoms with E-state index >= 15 is 0 Å². The van der Waals surface area contributed by atoms with Gasteiger partial charge in [-0.25, -0.2) is 8.78 Å². The zero-order valence-corrected chi connectivity index (χ0v) is 13.3. The fourth-order valence-electron chi connectivity index (χ4n) is 2.16. The fourth-order valence-corrected chi connectivity index (χ4v) is 2.29. The number of halogens is 3. The van der Waals surface area contributed by atoms with Gasteiger partial charge in [-0.3, -0.25) is 9.59 Å². The summed E-state index contributed by atoms with van der Waals surface area (Å²) >= 11 is 5.79. The van der Waals surface area contributed by atoms with Crippen molar-refractivity contribution in [1.82, 2.24) is 5.32 Å². The Labute approximate surface area is 142 Å². The topological polar surface area (TPSA) is 72.2 Å². The van der Waals surface area contributed by atoms with E-state index in [9.17, 15) is 18.4 Å². The second-order valence-corrected chi connectivity index (χ2v) is 5.71. The summed E-state index contributed by atoms with van der Waals surface area (Å²) in [5, 5.41) is 3.05. The number of nitrogens with two attached hydrogens (primary N) is 1. The lowest BCUT2D eigenvalue weighted by molar-refractivity contribution is -0.127. The van der Waals surface area contributed by atoms with E-state index in [0.717, 1.165) is 17.7 Å². The number of hydrogen-bond acceptors (Lipinski definition) is 2. The number of benzene rings is 2. The van der Waals surface area contributed by atoms with Crippen LogP contribution in [0.2, 0.25) is 5.02 Å². The highest BCUT2D eigenvalue weighted by atomic mass is 35.5. The van der Waals surface area contributed by atoms with Crippen molar-refractivity contribution < 1.29 is 18.4 Å². The SMILES string of the molecule is NC(=O)[C@H](Cc1ccc(Cl)cc1)NC(=O)Cc1ccc(F)c(F)c1. The summed E-state index contributed by atoms with van der Waals surface area (Å²) in [7, 11) is 0. The van der Waals surface area contributed by atoms with Crippen molar-refractivity contribution in [3.05, 3.63) is 70.2 Å². The monoisotopic (exact) mass is 352 g/mol. The first-order valence-electron chi connectivity index (χ1n) is 7.12. The largest absolute Gasteiger partial charge is 0.368 e. The molecule has 0 heterocycles. The minimum atomic E-state index is -1.03. The number of primary amides is 1. The zero-order chi connectivity index (χ0) is 17.7. The number of hydrogen-bond donors (Lipinski definition) is 2. The summed E-state index contributed by atoms with van der Waals surface area (Å²) in [6, 6.07) is 9.04. The lowest BCUT2D eigenvalue weighted by atomic mass is 10.0. The van der Waals surface area contributed by atoms with Crippen LogP contribution in [0.3, 0.4) is 0 Å². The molecular formula is C17H15ClF2N2O2. The molecule has 0 aliphatic rings. The molecule has 0 fully saturated rings. The van der Waals surface area contributed by atoms with Crippen LogP contribution >= 0.6 is 11.6 Å². The van der Waals surface area contributed by atoms with Gasteiger partial charge in [0.1, 0.15) is 6.04 Å². The zero-order valence-electron chi connectivity index (χ0n) is 12.6. The molecule has 1 atom stereocenters. The molecule has 0 unspecified atom stereocenters. The fraction of sp³-hybridized carbons (Fsp3) is 0.176. The van der Waals surface area contributed by atoms with E-state index in [0.29, 0.717) is 10.6 Å². The third-order valence-electron chi connectivity index (χ3n) is 3.38. The molecule has 7 heteroatoms. The normalized spacial score (nSPS) is 11.8. The van der Waals surface area contributed by atoms with Crippen LogP contribution in [-0.2, 0) is 22.4 Å². The molecule has 0 aliphatic heterocycles. The number of nitrogens with one attached hydrogen (secondary N) is 1. The Morgan fingerprint density at radius 3 is 2.25 bits per heavy atom. The van der Waals surface area contributed by atoms with E-state index in [2.05, 4.69) is 5.32 Å². The number of carbonyl (C=O) groups excluding carboxylic acids is 2. The van der Waals surface area contributed by atoms with Crippen molar-refractivity contribution in [2.75, 3.05) is 0 Å². The standard InChI is InChI=1S/C17H15ClF2N2O2/c18-12-4-1-10(2-5-12)8-15(17(21)24)22-16(23)9-11-3-6-13(19)14(20)7-11/h1-7,15H,8-9H2,(H2,21,24)(H,22,23)/t15-/m0/s1. The summed E-state index contributed by atoms with van der Waals surface area (Å²) in [6.45, 7) is 0. The molecule has 126 valence electrons. The lowest BCUT2D eigenvalue weighted by Gasteiger charge is -2.16. The van der Waals surface area contributed by atoms with Crippen molar-refractivity contribution in [1.29, 1.82) is 0 Å². The molecule has 0 aliphatic carbocycles. The number of rotatable bonds is 6. The van der Waals surface area contributed by atoms with Gasteiger partial charge in [0.2, 0.25) is 11.8 Å². The van der Waals surface area contributed by atoms with E-state index in [1.165, 1.54) is 6.07 Å². The van der Waals surface area contributed by atoms with E-state index in [-0.39, 0.29) is 12.8 Å². The predicted molar refractivity (Wildman–Crippen MR) is 86.3 cm³/mol. The first-order valence-corrected chi connectivity index (χ1v) is 7.50. The summed E-state index contributed by atoms with van der Waals surface area (Å²) in [5.74, 6) is -3.23. The number of amides is 2. The van der Waals surface area contributed by atoms with Gasteiger partial charge in [0.05, 0.1) is 6.42 Å². The van der Waals surface area contributed by atoms with E-state index in [1.807, 2.05) is 0 Å². The molecule has 0 saturated carbocycles. The van der Waals surface area contributed by atoms with Crippen LogP contribution in [0.5, 0.6) is 0 Å². The second kappa shape index (κ2) is 7.88. The summed E-state index contributed by atoms with van der Waals surface area (Å²) < 4.78 is 26.0. The Morgan fingerprint density at radius 2 is 1.67 bits per heavy atom. The molecule has 0 spiro atoms. The summed E-state index contributed by atoms with van der Waals surface area (Å²) in [6.07, 6.45) is 0.0115. The average Bonchev–Trinajstić information content (AvgIpc) is 2.52. The third kappa shape index (κ3) is 5.03. The first-order chi connectivity index (χ1) is 11.3. The van der Waals surface area contributed by atoms with Gasteiger partial charge < -0.3 is 11.1 Å². The Bertz CT molecular complexity index is 751.